The molecule has 1 atom stereocenters. The lowest BCUT2D eigenvalue weighted by Gasteiger charge is -2.48. The molecule has 7 aromatic carbocycles. The van der Waals surface area contributed by atoms with Gasteiger partial charge in [-0.3, -0.25) is 0 Å². The van der Waals surface area contributed by atoms with Crippen LogP contribution in [0.4, 0.5) is 5.69 Å². The van der Waals surface area contributed by atoms with Gasteiger partial charge in [0.05, 0.1) is 0 Å². The minimum Gasteiger partial charge on any atom is -0.472 e. The van der Waals surface area contributed by atoms with E-state index in [-0.39, 0.29) is 10.8 Å². The summed E-state index contributed by atoms with van der Waals surface area (Å²) in [7, 11) is 4.18. The van der Waals surface area contributed by atoms with E-state index in [0.29, 0.717) is 0 Å². The lowest BCUT2D eigenvalue weighted by Crippen LogP contribution is -2.41. The minimum atomic E-state index is -0.781. The fraction of sp³-hybridized carbons (Fsp3) is 0.176. The molecule has 1 heterocycles. The number of nitrogens with zero attached hydrogens (tertiary/aromatic N) is 1. The van der Waals surface area contributed by atoms with Gasteiger partial charge < -0.3 is 9.64 Å². The number of hydrogen-bond acceptors (Lipinski definition) is 2. The number of hydrogen-bond donors (Lipinski definition) is 0. The van der Waals surface area contributed by atoms with Gasteiger partial charge in [-0.15, -0.1) is 0 Å². The SMILES string of the molecule is CN(C)c1ccc(C2(c3ccccc3)C=Cc3c4c(c5ccccc5c3O2)-c2ccccc2C42CCC(c3ccccc3)(c3ccccc3)CC2)cc1. The summed E-state index contributed by atoms with van der Waals surface area (Å²) < 4.78 is 7.64. The molecule has 0 amide bonds. The second kappa shape index (κ2) is 12.1. The predicted molar refractivity (Wildman–Crippen MR) is 220 cm³/mol. The summed E-state index contributed by atoms with van der Waals surface area (Å²) in [4.78, 5) is 2.15. The van der Waals surface area contributed by atoms with Crippen molar-refractivity contribution in [2.75, 3.05) is 19.0 Å². The summed E-state index contributed by atoms with van der Waals surface area (Å²) in [6.07, 6.45) is 8.98. The van der Waals surface area contributed by atoms with Gasteiger partial charge in [-0.2, -0.15) is 0 Å². The maximum atomic E-state index is 7.64. The van der Waals surface area contributed by atoms with Crippen LogP contribution < -0.4 is 9.64 Å². The topological polar surface area (TPSA) is 12.5 Å². The highest BCUT2D eigenvalue weighted by molar-refractivity contribution is 6.08. The summed E-state index contributed by atoms with van der Waals surface area (Å²) in [5.41, 5.74) is 12.2. The molecule has 53 heavy (non-hydrogen) atoms. The van der Waals surface area contributed by atoms with Gasteiger partial charge in [0, 0.05) is 52.7 Å². The Kier molecular flexibility index (Phi) is 7.27. The number of ether oxygens (including phenoxy) is 1. The Labute approximate surface area is 313 Å². The van der Waals surface area contributed by atoms with Gasteiger partial charge in [0.25, 0.3) is 0 Å². The van der Waals surface area contributed by atoms with Gasteiger partial charge in [-0.25, -0.2) is 0 Å². The molecular weight excluding hydrogens is 643 g/mol. The van der Waals surface area contributed by atoms with E-state index in [1.54, 1.807) is 0 Å². The summed E-state index contributed by atoms with van der Waals surface area (Å²) in [5, 5.41) is 2.44. The zero-order valence-corrected chi connectivity index (χ0v) is 30.4. The van der Waals surface area contributed by atoms with Crippen LogP contribution in [0.5, 0.6) is 5.75 Å². The van der Waals surface area contributed by atoms with Crippen molar-refractivity contribution in [3.63, 3.8) is 0 Å². The fourth-order valence-corrected chi connectivity index (χ4v) is 10.2. The first-order chi connectivity index (χ1) is 26.0. The summed E-state index contributed by atoms with van der Waals surface area (Å²) in [5.74, 6) is 0.984. The van der Waals surface area contributed by atoms with E-state index < -0.39 is 5.60 Å². The molecular formula is C51H43NO. The third-order valence-corrected chi connectivity index (χ3v) is 12.8. The summed E-state index contributed by atoms with van der Waals surface area (Å²) in [6.45, 7) is 0. The number of benzene rings is 7. The number of fused-ring (bicyclic) bond motifs is 10. The van der Waals surface area contributed by atoms with Crippen molar-refractivity contribution >= 4 is 22.5 Å². The van der Waals surface area contributed by atoms with Crippen molar-refractivity contribution < 1.29 is 4.74 Å². The van der Waals surface area contributed by atoms with Crippen molar-refractivity contribution in [3.8, 4) is 16.9 Å². The van der Waals surface area contributed by atoms with Crippen LogP contribution in [0.25, 0.3) is 28.0 Å². The molecule has 1 fully saturated rings. The summed E-state index contributed by atoms with van der Waals surface area (Å²) in [6, 6.07) is 60.4. The second-order valence-corrected chi connectivity index (χ2v) is 15.5. The third-order valence-electron chi connectivity index (χ3n) is 12.8. The molecule has 1 unspecified atom stereocenters. The highest BCUT2D eigenvalue weighted by Crippen LogP contribution is 2.64. The molecule has 2 heteroatoms. The van der Waals surface area contributed by atoms with Crippen LogP contribution in [0.15, 0.2) is 170 Å². The van der Waals surface area contributed by atoms with E-state index in [2.05, 4.69) is 195 Å². The molecule has 2 aliphatic carbocycles. The molecule has 258 valence electrons. The summed E-state index contributed by atoms with van der Waals surface area (Å²) >= 11 is 0. The maximum Gasteiger partial charge on any atom is 0.178 e. The Bertz CT molecular complexity index is 2450. The largest absolute Gasteiger partial charge is 0.472 e. The van der Waals surface area contributed by atoms with Gasteiger partial charge in [-0.05, 0) is 82.7 Å². The van der Waals surface area contributed by atoms with E-state index >= 15 is 0 Å². The highest BCUT2D eigenvalue weighted by atomic mass is 16.5. The zero-order chi connectivity index (χ0) is 35.6. The molecule has 1 spiro atoms. The number of anilines is 1. The van der Waals surface area contributed by atoms with Gasteiger partial charge in [-0.1, -0.05) is 158 Å². The molecule has 1 aliphatic heterocycles. The molecule has 0 bridgehead atoms. The molecule has 10 rings (SSSR count). The lowest BCUT2D eigenvalue weighted by molar-refractivity contribution is 0.163. The molecule has 0 radical (unpaired) electrons. The average molecular weight is 686 g/mol. The Morgan fingerprint density at radius 1 is 0.491 bits per heavy atom. The first-order valence-corrected chi connectivity index (χ1v) is 19.1. The van der Waals surface area contributed by atoms with Crippen LogP contribution in [0, 0.1) is 0 Å². The van der Waals surface area contributed by atoms with Gasteiger partial charge >= 0.3 is 0 Å². The van der Waals surface area contributed by atoms with E-state index in [1.165, 1.54) is 55.4 Å². The molecule has 7 aromatic rings. The average Bonchev–Trinajstić information content (AvgIpc) is 3.52. The number of rotatable bonds is 5. The Hall–Kier alpha value is -5.86. The zero-order valence-electron chi connectivity index (χ0n) is 30.4. The van der Waals surface area contributed by atoms with Crippen molar-refractivity contribution in [2.45, 2.75) is 42.1 Å². The monoisotopic (exact) mass is 685 g/mol. The van der Waals surface area contributed by atoms with Crippen molar-refractivity contribution in [1.82, 2.24) is 0 Å². The van der Waals surface area contributed by atoms with Crippen LogP contribution in [-0.4, -0.2) is 14.1 Å². The van der Waals surface area contributed by atoms with Crippen LogP contribution in [0.1, 0.15) is 64.6 Å². The second-order valence-electron chi connectivity index (χ2n) is 15.5. The van der Waals surface area contributed by atoms with E-state index in [9.17, 15) is 0 Å². The first kappa shape index (κ1) is 31.8. The van der Waals surface area contributed by atoms with Gasteiger partial charge in [0.1, 0.15) is 5.75 Å². The first-order valence-electron chi connectivity index (χ1n) is 19.1. The van der Waals surface area contributed by atoms with Crippen molar-refractivity contribution in [2.24, 2.45) is 0 Å². The van der Waals surface area contributed by atoms with Gasteiger partial charge in [0.2, 0.25) is 0 Å². The Balaban J connectivity index is 1.19. The molecule has 0 N–H and O–H groups in total. The van der Waals surface area contributed by atoms with Crippen molar-refractivity contribution in [3.05, 3.63) is 209 Å². The van der Waals surface area contributed by atoms with Crippen LogP contribution in [0.3, 0.4) is 0 Å². The standard InChI is InChI=1S/C51H43NO/c1-52(2)40-28-26-39(27-29-40)51(38-20-10-5-11-21-38)31-30-44-47-46(41-22-12-13-23-42(41)48(44)53-51)43-24-14-15-25-45(43)50(47)34-32-49(33-35-50,36-16-6-3-7-17-36)37-18-8-4-9-19-37/h3-31H,32-35H2,1-2H3. The minimum absolute atomic E-state index is 0.0457. The van der Waals surface area contributed by atoms with Crippen LogP contribution in [0.2, 0.25) is 0 Å². The normalized spacial score (nSPS) is 18.9. The highest BCUT2D eigenvalue weighted by Gasteiger charge is 2.53. The predicted octanol–water partition coefficient (Wildman–Crippen LogP) is 12.1. The molecule has 3 aliphatic rings. The van der Waals surface area contributed by atoms with Crippen molar-refractivity contribution in [1.29, 1.82) is 0 Å². The third kappa shape index (κ3) is 4.64. The van der Waals surface area contributed by atoms with Gasteiger partial charge in [0.15, 0.2) is 5.60 Å². The Morgan fingerprint density at radius 2 is 1.00 bits per heavy atom. The molecule has 0 aromatic heterocycles. The van der Waals surface area contributed by atoms with Crippen LogP contribution >= 0.6 is 0 Å². The maximum absolute atomic E-state index is 7.64. The Morgan fingerprint density at radius 3 is 1.62 bits per heavy atom. The smallest absolute Gasteiger partial charge is 0.178 e. The van der Waals surface area contributed by atoms with E-state index in [1.807, 2.05) is 0 Å². The van der Waals surface area contributed by atoms with E-state index in [4.69, 9.17) is 4.74 Å². The fourth-order valence-electron chi connectivity index (χ4n) is 10.2. The molecule has 0 saturated heterocycles. The van der Waals surface area contributed by atoms with Crippen LogP contribution in [-0.2, 0) is 16.4 Å². The molecule has 2 nitrogen and oxygen atoms in total. The lowest BCUT2D eigenvalue weighted by atomic mass is 9.56. The molecule has 1 saturated carbocycles. The quantitative estimate of drug-likeness (QED) is 0.179. The van der Waals surface area contributed by atoms with E-state index in [0.717, 1.165) is 42.6 Å².